The van der Waals surface area contributed by atoms with Gasteiger partial charge in [0.1, 0.15) is 5.69 Å². The number of aromatic nitrogens is 2. The van der Waals surface area contributed by atoms with Crippen LogP contribution in [0.2, 0.25) is 0 Å². The average molecular weight is 354 g/mol. The Morgan fingerprint density at radius 3 is 2.62 bits per heavy atom. The lowest BCUT2D eigenvalue weighted by Gasteiger charge is -2.38. The standard InChI is InChI=1S/C15H22N4O4S/c1-11-9-17-12(10-16-11)15(20)18-5-3-13-14(4-6-18)23-8-7-19(13)24(2,21)22/h9-10,13-14H,3-8H2,1-2H3/t13-,14-/m0/s1. The molecule has 0 N–H and O–H groups in total. The van der Waals surface area contributed by atoms with Crippen LogP contribution in [-0.4, -0.2) is 78.1 Å². The fourth-order valence-electron chi connectivity index (χ4n) is 3.32. The number of aryl methyl sites for hydroxylation is 1. The van der Waals surface area contributed by atoms with Crippen LogP contribution in [0.3, 0.4) is 0 Å². The maximum Gasteiger partial charge on any atom is 0.274 e. The van der Waals surface area contributed by atoms with E-state index in [1.165, 1.54) is 16.8 Å². The van der Waals surface area contributed by atoms with Crippen molar-refractivity contribution in [2.75, 3.05) is 32.5 Å². The van der Waals surface area contributed by atoms with Crippen LogP contribution in [0.25, 0.3) is 0 Å². The second kappa shape index (κ2) is 6.73. The van der Waals surface area contributed by atoms with Crippen LogP contribution >= 0.6 is 0 Å². The Kier molecular flexibility index (Phi) is 4.84. The molecule has 1 aromatic heterocycles. The minimum absolute atomic E-state index is 0.171. The van der Waals surface area contributed by atoms with Gasteiger partial charge in [0.05, 0.1) is 36.9 Å². The quantitative estimate of drug-likeness (QED) is 0.745. The van der Waals surface area contributed by atoms with E-state index in [0.29, 0.717) is 44.8 Å². The van der Waals surface area contributed by atoms with E-state index in [2.05, 4.69) is 9.97 Å². The van der Waals surface area contributed by atoms with Crippen molar-refractivity contribution in [2.24, 2.45) is 0 Å². The first kappa shape index (κ1) is 17.2. The number of sulfonamides is 1. The van der Waals surface area contributed by atoms with Gasteiger partial charge in [-0.1, -0.05) is 0 Å². The topological polar surface area (TPSA) is 92.7 Å². The first-order valence-corrected chi connectivity index (χ1v) is 9.87. The highest BCUT2D eigenvalue weighted by Crippen LogP contribution is 2.26. The van der Waals surface area contributed by atoms with Gasteiger partial charge < -0.3 is 9.64 Å². The minimum atomic E-state index is -3.28. The van der Waals surface area contributed by atoms with Gasteiger partial charge in [-0.25, -0.2) is 13.4 Å². The second-order valence-corrected chi connectivity index (χ2v) is 8.20. The van der Waals surface area contributed by atoms with Crippen molar-refractivity contribution in [3.63, 3.8) is 0 Å². The van der Waals surface area contributed by atoms with Gasteiger partial charge in [0.25, 0.3) is 5.91 Å². The first-order valence-electron chi connectivity index (χ1n) is 8.02. The van der Waals surface area contributed by atoms with Crippen molar-refractivity contribution in [2.45, 2.75) is 31.9 Å². The predicted molar refractivity (Wildman–Crippen MR) is 87.0 cm³/mol. The Hall–Kier alpha value is -1.58. The molecule has 2 aliphatic heterocycles. The number of amides is 1. The van der Waals surface area contributed by atoms with E-state index in [1.54, 1.807) is 11.1 Å². The molecule has 2 aliphatic rings. The van der Waals surface area contributed by atoms with Crippen LogP contribution in [0.5, 0.6) is 0 Å². The summed E-state index contributed by atoms with van der Waals surface area (Å²) < 4.78 is 31.3. The van der Waals surface area contributed by atoms with E-state index in [-0.39, 0.29) is 18.1 Å². The zero-order chi connectivity index (χ0) is 17.3. The van der Waals surface area contributed by atoms with Crippen LogP contribution in [0.15, 0.2) is 12.4 Å². The molecule has 0 spiro atoms. The minimum Gasteiger partial charge on any atom is -0.375 e. The molecule has 0 aliphatic carbocycles. The fraction of sp³-hybridized carbons (Fsp3) is 0.667. The zero-order valence-corrected chi connectivity index (χ0v) is 14.7. The fourth-order valence-corrected chi connectivity index (χ4v) is 4.46. The van der Waals surface area contributed by atoms with Crippen molar-refractivity contribution in [1.82, 2.24) is 19.2 Å². The SMILES string of the molecule is Cc1cnc(C(=O)N2CC[C@@H]3OCCN(S(C)(=O)=O)[C@H]3CC2)cn1. The highest BCUT2D eigenvalue weighted by atomic mass is 32.2. The molecule has 24 heavy (non-hydrogen) atoms. The molecule has 0 radical (unpaired) electrons. The number of hydrogen-bond acceptors (Lipinski definition) is 6. The molecule has 3 rings (SSSR count). The lowest BCUT2D eigenvalue weighted by molar-refractivity contribution is -0.0406. The summed E-state index contributed by atoms with van der Waals surface area (Å²) in [4.78, 5) is 22.6. The van der Waals surface area contributed by atoms with Gasteiger partial charge in [0.15, 0.2) is 0 Å². The van der Waals surface area contributed by atoms with Gasteiger partial charge in [-0.2, -0.15) is 4.31 Å². The van der Waals surface area contributed by atoms with Crippen LogP contribution in [0, 0.1) is 6.92 Å². The van der Waals surface area contributed by atoms with Crippen LogP contribution in [-0.2, 0) is 14.8 Å². The predicted octanol–water partition coefficient (Wildman–Crippen LogP) is 0.0500. The summed E-state index contributed by atoms with van der Waals surface area (Å²) in [7, 11) is -3.28. The molecule has 0 saturated carbocycles. The summed E-state index contributed by atoms with van der Waals surface area (Å²) in [5.41, 5.74) is 1.07. The summed E-state index contributed by atoms with van der Waals surface area (Å²) >= 11 is 0. The van der Waals surface area contributed by atoms with Gasteiger partial charge in [-0.05, 0) is 19.8 Å². The summed E-state index contributed by atoms with van der Waals surface area (Å²) in [6.07, 6.45) is 5.28. The molecule has 1 amide bonds. The molecule has 9 heteroatoms. The molecule has 2 fully saturated rings. The van der Waals surface area contributed by atoms with Crippen molar-refractivity contribution in [1.29, 1.82) is 0 Å². The smallest absolute Gasteiger partial charge is 0.274 e. The number of hydrogen-bond donors (Lipinski definition) is 0. The monoisotopic (exact) mass is 354 g/mol. The number of likely N-dealkylation sites (tertiary alicyclic amines) is 1. The lowest BCUT2D eigenvalue weighted by Crippen LogP contribution is -2.53. The van der Waals surface area contributed by atoms with Gasteiger partial charge in [0.2, 0.25) is 10.0 Å². The van der Waals surface area contributed by atoms with Crippen molar-refractivity contribution in [3.05, 3.63) is 23.8 Å². The summed E-state index contributed by atoms with van der Waals surface area (Å²) in [5.74, 6) is -0.174. The number of ether oxygens (including phenoxy) is 1. The molecule has 0 unspecified atom stereocenters. The molecule has 0 aromatic carbocycles. The molecule has 0 bridgehead atoms. The maximum atomic E-state index is 12.6. The van der Waals surface area contributed by atoms with Crippen molar-refractivity contribution in [3.8, 4) is 0 Å². The Balaban J connectivity index is 1.74. The second-order valence-electron chi connectivity index (χ2n) is 6.26. The molecule has 8 nitrogen and oxygen atoms in total. The Morgan fingerprint density at radius 2 is 1.96 bits per heavy atom. The first-order chi connectivity index (χ1) is 11.4. The van der Waals surface area contributed by atoms with E-state index in [1.807, 2.05) is 6.92 Å². The maximum absolute atomic E-state index is 12.6. The molecule has 3 heterocycles. The zero-order valence-electron chi connectivity index (χ0n) is 13.9. The summed E-state index contributed by atoms with van der Waals surface area (Å²) in [6, 6.07) is -0.212. The number of carbonyl (C=O) groups excluding carboxylic acids is 1. The number of carbonyl (C=O) groups is 1. The van der Waals surface area contributed by atoms with Crippen molar-refractivity contribution < 1.29 is 17.9 Å². The largest absolute Gasteiger partial charge is 0.375 e. The van der Waals surface area contributed by atoms with Crippen LogP contribution in [0.4, 0.5) is 0 Å². The van der Waals surface area contributed by atoms with E-state index in [4.69, 9.17) is 4.74 Å². The van der Waals surface area contributed by atoms with Crippen molar-refractivity contribution >= 4 is 15.9 Å². The Bertz CT molecular complexity index is 707. The number of fused-ring (bicyclic) bond motifs is 1. The van der Waals surface area contributed by atoms with Gasteiger partial charge >= 0.3 is 0 Å². The highest BCUT2D eigenvalue weighted by molar-refractivity contribution is 7.88. The third-order valence-corrected chi connectivity index (χ3v) is 5.84. The lowest BCUT2D eigenvalue weighted by atomic mass is 10.0. The number of morpholine rings is 1. The third-order valence-electron chi connectivity index (χ3n) is 4.53. The molecule has 2 saturated heterocycles. The Labute approximate surface area is 141 Å². The van der Waals surface area contributed by atoms with Gasteiger partial charge in [-0.3, -0.25) is 9.78 Å². The normalized spacial score (nSPS) is 25.8. The molecule has 1 aromatic rings. The average Bonchev–Trinajstić information content (AvgIpc) is 2.76. The molecule has 2 atom stereocenters. The number of rotatable bonds is 2. The van der Waals surface area contributed by atoms with E-state index in [9.17, 15) is 13.2 Å². The summed E-state index contributed by atoms with van der Waals surface area (Å²) in [6.45, 7) is 3.58. The third kappa shape index (κ3) is 3.57. The van der Waals surface area contributed by atoms with Crippen LogP contribution < -0.4 is 0 Å². The van der Waals surface area contributed by atoms with E-state index >= 15 is 0 Å². The molecular formula is C15H22N4O4S. The van der Waals surface area contributed by atoms with E-state index < -0.39 is 10.0 Å². The molecule has 132 valence electrons. The van der Waals surface area contributed by atoms with Gasteiger partial charge in [0, 0.05) is 25.8 Å². The summed E-state index contributed by atoms with van der Waals surface area (Å²) in [5, 5.41) is 0. The van der Waals surface area contributed by atoms with Gasteiger partial charge in [-0.15, -0.1) is 0 Å². The highest BCUT2D eigenvalue weighted by Gasteiger charge is 2.39. The van der Waals surface area contributed by atoms with Crippen LogP contribution in [0.1, 0.15) is 29.0 Å². The van der Waals surface area contributed by atoms with E-state index in [0.717, 1.165) is 5.69 Å². The molecular weight excluding hydrogens is 332 g/mol. The Morgan fingerprint density at radius 1 is 1.21 bits per heavy atom. The number of nitrogens with zero attached hydrogens (tertiary/aromatic N) is 4.